The molecule has 8 nitrogen and oxygen atoms in total. The molecule has 8 heteroatoms. The van der Waals surface area contributed by atoms with E-state index in [0.717, 1.165) is 38.5 Å². The maximum atomic E-state index is 9.99. The first kappa shape index (κ1) is 18.7. The van der Waals surface area contributed by atoms with Crippen LogP contribution in [0.15, 0.2) is 54.3 Å². The molecule has 1 fully saturated rings. The molecule has 27 heavy (non-hydrogen) atoms. The molecule has 1 aromatic carbocycles. The Balaban J connectivity index is 1.69. The fourth-order valence-corrected chi connectivity index (χ4v) is 3.20. The molecule has 7 N–H and O–H groups in total. The maximum Gasteiger partial charge on any atom is 0.124 e. The third kappa shape index (κ3) is 4.35. The number of nitrogens with zero attached hydrogens (tertiary/aromatic N) is 4. The number of rotatable bonds is 5. The van der Waals surface area contributed by atoms with Crippen LogP contribution in [0.4, 0.5) is 0 Å². The van der Waals surface area contributed by atoms with Gasteiger partial charge in [0.15, 0.2) is 0 Å². The van der Waals surface area contributed by atoms with Gasteiger partial charge in [0.2, 0.25) is 0 Å². The number of aromatic nitrogens is 2. The molecule has 2 aromatic rings. The molecule has 3 rings (SSSR count). The first-order chi connectivity index (χ1) is 13.0. The van der Waals surface area contributed by atoms with Crippen LogP contribution in [0.25, 0.3) is 5.70 Å². The molecule has 1 aromatic heterocycles. The number of benzene rings is 1. The van der Waals surface area contributed by atoms with Crippen molar-refractivity contribution in [2.75, 3.05) is 26.2 Å². The normalized spacial score (nSPS) is 15.7. The summed E-state index contributed by atoms with van der Waals surface area (Å²) >= 11 is 0. The fourth-order valence-electron chi connectivity index (χ4n) is 3.20. The monoisotopic (exact) mass is 369 g/mol. The van der Waals surface area contributed by atoms with Crippen LogP contribution in [0, 0.1) is 0 Å². The third-order valence-corrected chi connectivity index (χ3v) is 4.80. The van der Waals surface area contributed by atoms with Gasteiger partial charge in [-0.05, 0) is 18.2 Å². The van der Waals surface area contributed by atoms with Crippen LogP contribution in [0.3, 0.4) is 0 Å². The van der Waals surface area contributed by atoms with Crippen molar-refractivity contribution in [3.05, 3.63) is 65.6 Å². The molecule has 1 saturated heterocycles. The van der Waals surface area contributed by atoms with Gasteiger partial charge in [-0.3, -0.25) is 4.90 Å². The quantitative estimate of drug-likeness (QED) is 0.560. The summed E-state index contributed by atoms with van der Waals surface area (Å²) in [6.45, 7) is 4.11. The molecule has 0 saturated carbocycles. The summed E-state index contributed by atoms with van der Waals surface area (Å²) in [5, 5.41) is 9.99. The van der Waals surface area contributed by atoms with E-state index in [4.69, 9.17) is 17.2 Å². The molecule has 0 amide bonds. The lowest BCUT2D eigenvalue weighted by Gasteiger charge is -2.36. The van der Waals surface area contributed by atoms with E-state index >= 15 is 0 Å². The molecular weight excluding hydrogens is 342 g/mol. The summed E-state index contributed by atoms with van der Waals surface area (Å²) in [6.07, 6.45) is 5.50. The summed E-state index contributed by atoms with van der Waals surface area (Å²) in [4.78, 5) is 8.85. The Morgan fingerprint density at radius 1 is 1.15 bits per heavy atom. The highest BCUT2D eigenvalue weighted by molar-refractivity contribution is 5.69. The predicted molar refractivity (Wildman–Crippen MR) is 106 cm³/mol. The van der Waals surface area contributed by atoms with E-state index in [2.05, 4.69) is 14.8 Å². The molecule has 0 unspecified atom stereocenters. The summed E-state index contributed by atoms with van der Waals surface area (Å²) < 4.78 is 2.03. The molecule has 0 aliphatic carbocycles. The van der Waals surface area contributed by atoms with Crippen molar-refractivity contribution in [2.45, 2.75) is 6.54 Å². The second-order valence-corrected chi connectivity index (χ2v) is 6.67. The standard InChI is InChI=1S/C19H27N7O/c1-24-7-6-23-18(24)13-25-8-10-26(11-9-25)16(19(21)22)12-15(20)14-4-2-3-5-17(14)27/h2-7,12,27H,8-11,13,20-22H2,1H3/b15-12-. The van der Waals surface area contributed by atoms with E-state index in [9.17, 15) is 5.11 Å². The topological polar surface area (TPSA) is 123 Å². The van der Waals surface area contributed by atoms with Crippen LogP contribution in [0.1, 0.15) is 11.4 Å². The van der Waals surface area contributed by atoms with Crippen molar-refractivity contribution in [2.24, 2.45) is 24.2 Å². The van der Waals surface area contributed by atoms with Crippen molar-refractivity contribution in [3.8, 4) is 5.75 Å². The van der Waals surface area contributed by atoms with Gasteiger partial charge < -0.3 is 31.8 Å². The van der Waals surface area contributed by atoms with E-state index in [1.807, 2.05) is 30.1 Å². The third-order valence-electron chi connectivity index (χ3n) is 4.80. The van der Waals surface area contributed by atoms with Gasteiger partial charge in [0.1, 0.15) is 17.4 Å². The molecule has 0 radical (unpaired) electrons. The number of imidazole rings is 1. The first-order valence-electron chi connectivity index (χ1n) is 8.90. The number of aryl methyl sites for hydroxylation is 1. The zero-order valence-electron chi connectivity index (χ0n) is 15.5. The Morgan fingerprint density at radius 3 is 2.44 bits per heavy atom. The Bertz CT molecular complexity index is 843. The molecular formula is C19H27N7O. The van der Waals surface area contributed by atoms with Crippen LogP contribution in [-0.2, 0) is 13.6 Å². The number of aromatic hydroxyl groups is 1. The number of para-hydroxylation sites is 1. The minimum absolute atomic E-state index is 0.126. The highest BCUT2D eigenvalue weighted by Crippen LogP contribution is 2.23. The zero-order valence-corrected chi connectivity index (χ0v) is 15.5. The van der Waals surface area contributed by atoms with E-state index in [-0.39, 0.29) is 11.6 Å². The molecule has 144 valence electrons. The lowest BCUT2D eigenvalue weighted by molar-refractivity contribution is 0.151. The Morgan fingerprint density at radius 2 is 1.85 bits per heavy atom. The average Bonchev–Trinajstić information content (AvgIpc) is 3.05. The lowest BCUT2D eigenvalue weighted by Crippen LogP contribution is -2.46. The van der Waals surface area contributed by atoms with Crippen molar-refractivity contribution in [1.29, 1.82) is 0 Å². The van der Waals surface area contributed by atoms with Crippen LogP contribution >= 0.6 is 0 Å². The number of allylic oxidation sites excluding steroid dienone is 1. The smallest absolute Gasteiger partial charge is 0.124 e. The van der Waals surface area contributed by atoms with Gasteiger partial charge >= 0.3 is 0 Å². The van der Waals surface area contributed by atoms with Crippen LogP contribution < -0.4 is 17.2 Å². The molecule has 0 spiro atoms. The number of nitrogens with two attached hydrogens (primary N) is 3. The minimum Gasteiger partial charge on any atom is -0.507 e. The molecule has 1 aliphatic rings. The van der Waals surface area contributed by atoms with Crippen molar-refractivity contribution in [1.82, 2.24) is 19.4 Å². The zero-order chi connectivity index (χ0) is 19.4. The van der Waals surface area contributed by atoms with E-state index in [1.165, 1.54) is 0 Å². The SMILES string of the molecule is Cn1ccnc1CN1CCN(C(/C=C(\N)c2ccccc2O)=C(N)N)CC1. The summed E-state index contributed by atoms with van der Waals surface area (Å²) in [7, 11) is 2.00. The Hall–Kier alpha value is -3.13. The summed E-state index contributed by atoms with van der Waals surface area (Å²) in [5.74, 6) is 1.38. The van der Waals surface area contributed by atoms with Crippen molar-refractivity contribution in [3.63, 3.8) is 0 Å². The average molecular weight is 369 g/mol. The number of hydrogen-bond acceptors (Lipinski definition) is 7. The molecule has 0 bridgehead atoms. The fraction of sp³-hybridized carbons (Fsp3) is 0.316. The van der Waals surface area contributed by atoms with Crippen LogP contribution in [-0.4, -0.2) is 50.6 Å². The highest BCUT2D eigenvalue weighted by atomic mass is 16.3. The lowest BCUT2D eigenvalue weighted by atomic mass is 10.1. The minimum atomic E-state index is 0.126. The predicted octanol–water partition coefficient (Wildman–Crippen LogP) is 0.330. The second kappa shape index (κ2) is 8.05. The number of phenols is 1. The van der Waals surface area contributed by atoms with E-state index in [0.29, 0.717) is 17.0 Å². The summed E-state index contributed by atoms with van der Waals surface area (Å²) in [6, 6.07) is 6.93. The molecule has 0 atom stereocenters. The van der Waals surface area contributed by atoms with Gasteiger partial charge in [0, 0.05) is 56.9 Å². The first-order valence-corrected chi connectivity index (χ1v) is 8.90. The van der Waals surface area contributed by atoms with Crippen molar-refractivity contribution >= 4 is 5.70 Å². The van der Waals surface area contributed by atoms with Gasteiger partial charge in [-0.2, -0.15) is 0 Å². The van der Waals surface area contributed by atoms with Gasteiger partial charge in [0.25, 0.3) is 0 Å². The summed E-state index contributed by atoms with van der Waals surface area (Å²) in [5.41, 5.74) is 19.7. The number of piperazine rings is 1. The maximum absolute atomic E-state index is 9.99. The van der Waals surface area contributed by atoms with Crippen molar-refractivity contribution < 1.29 is 5.11 Å². The number of hydrogen-bond donors (Lipinski definition) is 4. The molecule has 1 aliphatic heterocycles. The van der Waals surface area contributed by atoms with Crippen LogP contribution in [0.5, 0.6) is 5.75 Å². The van der Waals surface area contributed by atoms with Gasteiger partial charge in [-0.1, -0.05) is 12.1 Å². The van der Waals surface area contributed by atoms with E-state index in [1.54, 1.807) is 24.3 Å². The second-order valence-electron chi connectivity index (χ2n) is 6.67. The van der Waals surface area contributed by atoms with Crippen LogP contribution in [0.2, 0.25) is 0 Å². The van der Waals surface area contributed by atoms with Gasteiger partial charge in [-0.25, -0.2) is 4.98 Å². The Labute approximate surface area is 159 Å². The number of phenolic OH excluding ortho intramolecular Hbond substituents is 1. The largest absolute Gasteiger partial charge is 0.507 e. The van der Waals surface area contributed by atoms with Gasteiger partial charge in [-0.15, -0.1) is 0 Å². The molecule has 2 heterocycles. The highest BCUT2D eigenvalue weighted by Gasteiger charge is 2.21. The Kier molecular flexibility index (Phi) is 5.56. The van der Waals surface area contributed by atoms with E-state index < -0.39 is 0 Å². The van der Waals surface area contributed by atoms with Gasteiger partial charge in [0.05, 0.1) is 12.2 Å².